The molecular weight excluding hydrogens is 410 g/mol. The van der Waals surface area contributed by atoms with Crippen LogP contribution < -0.4 is 9.80 Å². The number of anilines is 2. The van der Waals surface area contributed by atoms with E-state index < -0.39 is 11.6 Å². The number of aromatic nitrogens is 4. The van der Waals surface area contributed by atoms with E-state index in [1.54, 1.807) is 10.9 Å². The molecule has 5 rings (SSSR count). The predicted octanol–water partition coefficient (Wildman–Crippen LogP) is 4.18. The summed E-state index contributed by atoms with van der Waals surface area (Å²) in [5.41, 5.74) is 3.49. The Hall–Kier alpha value is -3.55. The molecule has 0 radical (unpaired) electrons. The number of aryl methyl sites for hydroxylation is 1. The fraction of sp³-hybridized carbons (Fsp3) is 0.292. The van der Waals surface area contributed by atoms with Gasteiger partial charge in [-0.1, -0.05) is 23.8 Å². The molecule has 164 valence electrons. The molecule has 3 heterocycles. The molecule has 0 bridgehead atoms. The highest BCUT2D eigenvalue weighted by Gasteiger charge is 2.20. The van der Waals surface area contributed by atoms with Gasteiger partial charge in [0.15, 0.2) is 5.65 Å². The molecule has 1 aliphatic heterocycles. The molecular formula is C24H24F2N6. The van der Waals surface area contributed by atoms with Gasteiger partial charge in [0.1, 0.15) is 23.8 Å². The van der Waals surface area contributed by atoms with Crippen LogP contribution in [0.2, 0.25) is 0 Å². The first kappa shape index (κ1) is 20.4. The van der Waals surface area contributed by atoms with Gasteiger partial charge >= 0.3 is 0 Å². The summed E-state index contributed by atoms with van der Waals surface area (Å²) in [4.78, 5) is 13.6. The van der Waals surface area contributed by atoms with Crippen LogP contribution >= 0.6 is 0 Å². The van der Waals surface area contributed by atoms with Gasteiger partial charge in [-0.15, -0.1) is 0 Å². The molecule has 0 N–H and O–H groups in total. The average molecular weight is 434 g/mol. The number of rotatable bonds is 4. The Labute approximate surface area is 185 Å². The summed E-state index contributed by atoms with van der Waals surface area (Å²) in [6.07, 6.45) is 4.27. The van der Waals surface area contributed by atoms with Crippen molar-refractivity contribution in [2.45, 2.75) is 19.9 Å². The first-order valence-electron chi connectivity index (χ1n) is 10.8. The van der Waals surface area contributed by atoms with Crippen LogP contribution in [0.25, 0.3) is 11.0 Å². The molecule has 1 fully saturated rings. The number of fused-ring (bicyclic) bond motifs is 1. The highest BCUT2D eigenvalue weighted by atomic mass is 19.1. The zero-order chi connectivity index (χ0) is 22.1. The molecule has 1 aliphatic rings. The van der Waals surface area contributed by atoms with E-state index in [4.69, 9.17) is 0 Å². The van der Waals surface area contributed by atoms with Crippen molar-refractivity contribution in [2.24, 2.45) is 0 Å². The SMILES string of the molecule is Cc1ccc(N2CCCN(c3ncnc4c3cnn4Cc3ccc(F)cc3F)CC2)cc1. The third-order valence-electron chi connectivity index (χ3n) is 5.94. The Morgan fingerprint density at radius 1 is 0.906 bits per heavy atom. The van der Waals surface area contributed by atoms with Crippen LogP contribution in [0.1, 0.15) is 17.5 Å². The molecule has 0 saturated carbocycles. The highest BCUT2D eigenvalue weighted by Crippen LogP contribution is 2.26. The largest absolute Gasteiger partial charge is 0.370 e. The standard InChI is InChI=1S/C24H24F2N6/c1-17-3-7-20(8-4-17)30-9-2-10-31(12-11-30)23-21-14-29-32(24(21)28-16-27-23)15-18-5-6-19(25)13-22(18)26/h3-8,13-14,16H,2,9-12,15H2,1H3. The number of halogens is 2. The van der Waals surface area contributed by atoms with E-state index in [1.807, 2.05) is 0 Å². The van der Waals surface area contributed by atoms with E-state index in [0.29, 0.717) is 11.2 Å². The smallest absolute Gasteiger partial charge is 0.163 e. The summed E-state index contributed by atoms with van der Waals surface area (Å²) in [7, 11) is 0. The van der Waals surface area contributed by atoms with Crippen LogP contribution in [0.5, 0.6) is 0 Å². The molecule has 0 atom stereocenters. The number of hydrogen-bond donors (Lipinski definition) is 0. The number of benzene rings is 2. The molecule has 0 amide bonds. The predicted molar refractivity (Wildman–Crippen MR) is 121 cm³/mol. The molecule has 4 aromatic rings. The summed E-state index contributed by atoms with van der Waals surface area (Å²) in [6, 6.07) is 12.2. The molecule has 8 heteroatoms. The zero-order valence-electron chi connectivity index (χ0n) is 17.9. The normalized spacial score (nSPS) is 14.7. The minimum absolute atomic E-state index is 0.174. The lowest BCUT2D eigenvalue weighted by Crippen LogP contribution is -2.31. The number of nitrogens with zero attached hydrogens (tertiary/aromatic N) is 6. The maximum atomic E-state index is 14.1. The zero-order valence-corrected chi connectivity index (χ0v) is 17.9. The van der Waals surface area contributed by atoms with Crippen LogP contribution in [0, 0.1) is 18.6 Å². The Balaban J connectivity index is 1.38. The average Bonchev–Trinajstić information content (AvgIpc) is 3.04. The van der Waals surface area contributed by atoms with Crippen molar-refractivity contribution < 1.29 is 8.78 Å². The van der Waals surface area contributed by atoms with Gasteiger partial charge in [0.05, 0.1) is 18.1 Å². The lowest BCUT2D eigenvalue weighted by atomic mass is 10.2. The Morgan fingerprint density at radius 3 is 2.50 bits per heavy atom. The highest BCUT2D eigenvalue weighted by molar-refractivity contribution is 5.86. The summed E-state index contributed by atoms with van der Waals surface area (Å²) in [5, 5.41) is 5.25. The topological polar surface area (TPSA) is 50.1 Å². The van der Waals surface area contributed by atoms with E-state index in [2.05, 4.69) is 56.1 Å². The van der Waals surface area contributed by atoms with Crippen molar-refractivity contribution in [2.75, 3.05) is 36.0 Å². The van der Waals surface area contributed by atoms with Gasteiger partial charge in [-0.2, -0.15) is 5.10 Å². The van der Waals surface area contributed by atoms with Crippen molar-refractivity contribution in [3.8, 4) is 0 Å². The second-order valence-corrected chi connectivity index (χ2v) is 8.14. The Kier molecular flexibility index (Phi) is 5.43. The first-order chi connectivity index (χ1) is 15.6. The van der Waals surface area contributed by atoms with Crippen LogP contribution in [-0.4, -0.2) is 45.9 Å². The second-order valence-electron chi connectivity index (χ2n) is 8.14. The Morgan fingerprint density at radius 2 is 1.69 bits per heavy atom. The molecule has 0 unspecified atom stereocenters. The van der Waals surface area contributed by atoms with Crippen molar-refractivity contribution >= 4 is 22.5 Å². The first-order valence-corrected chi connectivity index (χ1v) is 10.8. The van der Waals surface area contributed by atoms with Crippen molar-refractivity contribution in [3.63, 3.8) is 0 Å². The van der Waals surface area contributed by atoms with E-state index in [9.17, 15) is 8.78 Å². The fourth-order valence-electron chi connectivity index (χ4n) is 4.20. The minimum Gasteiger partial charge on any atom is -0.370 e. The summed E-state index contributed by atoms with van der Waals surface area (Å²) >= 11 is 0. The van der Waals surface area contributed by atoms with Gasteiger partial charge in [-0.3, -0.25) is 0 Å². The van der Waals surface area contributed by atoms with Crippen LogP contribution in [0.15, 0.2) is 55.0 Å². The van der Waals surface area contributed by atoms with Gasteiger partial charge in [-0.25, -0.2) is 23.4 Å². The van der Waals surface area contributed by atoms with Crippen molar-refractivity contribution in [1.82, 2.24) is 19.7 Å². The molecule has 6 nitrogen and oxygen atoms in total. The van der Waals surface area contributed by atoms with Gasteiger partial charge in [-0.05, 0) is 31.5 Å². The minimum atomic E-state index is -0.595. The summed E-state index contributed by atoms with van der Waals surface area (Å²) in [5.74, 6) is -0.347. The summed E-state index contributed by atoms with van der Waals surface area (Å²) < 4.78 is 29.0. The van der Waals surface area contributed by atoms with Gasteiger partial charge < -0.3 is 9.80 Å². The molecule has 2 aromatic carbocycles. The quantitative estimate of drug-likeness (QED) is 0.482. The maximum Gasteiger partial charge on any atom is 0.163 e. The van der Waals surface area contributed by atoms with Crippen molar-refractivity contribution in [1.29, 1.82) is 0 Å². The lowest BCUT2D eigenvalue weighted by Gasteiger charge is -2.24. The molecule has 2 aromatic heterocycles. The molecule has 0 spiro atoms. The third-order valence-corrected chi connectivity index (χ3v) is 5.94. The van der Waals surface area contributed by atoms with Crippen LogP contribution in [0.4, 0.5) is 20.3 Å². The number of hydrogen-bond acceptors (Lipinski definition) is 5. The van der Waals surface area contributed by atoms with Crippen LogP contribution in [0.3, 0.4) is 0 Å². The lowest BCUT2D eigenvalue weighted by molar-refractivity contribution is 0.560. The maximum absolute atomic E-state index is 14.1. The monoisotopic (exact) mass is 434 g/mol. The van der Waals surface area contributed by atoms with Crippen LogP contribution in [-0.2, 0) is 6.54 Å². The molecule has 1 saturated heterocycles. The van der Waals surface area contributed by atoms with Gasteiger partial charge in [0.2, 0.25) is 0 Å². The van der Waals surface area contributed by atoms with E-state index >= 15 is 0 Å². The fourth-order valence-corrected chi connectivity index (χ4v) is 4.20. The van der Waals surface area contributed by atoms with E-state index in [-0.39, 0.29) is 6.54 Å². The second kappa shape index (κ2) is 8.53. The molecule has 32 heavy (non-hydrogen) atoms. The van der Waals surface area contributed by atoms with E-state index in [1.165, 1.54) is 29.7 Å². The van der Waals surface area contributed by atoms with Gasteiger partial charge in [0, 0.05) is 43.5 Å². The van der Waals surface area contributed by atoms with E-state index in [0.717, 1.165) is 49.9 Å². The molecule has 0 aliphatic carbocycles. The summed E-state index contributed by atoms with van der Waals surface area (Å²) in [6.45, 7) is 5.86. The van der Waals surface area contributed by atoms with Crippen molar-refractivity contribution in [3.05, 3.63) is 77.8 Å². The Bertz CT molecular complexity index is 1240. The third kappa shape index (κ3) is 4.00. The van der Waals surface area contributed by atoms with Gasteiger partial charge in [0.25, 0.3) is 0 Å².